The summed E-state index contributed by atoms with van der Waals surface area (Å²) in [5.41, 5.74) is 0.241. The largest absolute Gasteiger partial charge is 0.480 e. The van der Waals surface area contributed by atoms with E-state index in [1.54, 1.807) is 11.8 Å². The molecule has 0 unspecified atom stereocenters. The Balaban J connectivity index is 1.85. The molecule has 1 aromatic rings. The normalized spacial score (nSPS) is 26.4. The predicted octanol–water partition coefficient (Wildman–Crippen LogP) is -0.951. The van der Waals surface area contributed by atoms with Gasteiger partial charge in [0.15, 0.2) is 15.5 Å². The fraction of sp³-hybridized carbons (Fsp3) is 0.643. The van der Waals surface area contributed by atoms with Crippen LogP contribution < -0.4 is 0 Å². The van der Waals surface area contributed by atoms with Crippen LogP contribution in [0.25, 0.3) is 0 Å². The molecule has 0 aromatic carbocycles. The highest BCUT2D eigenvalue weighted by Crippen LogP contribution is 2.29. The maximum absolute atomic E-state index is 12.1. The Morgan fingerprint density at radius 3 is 2.40 bits per heavy atom. The van der Waals surface area contributed by atoms with Crippen molar-refractivity contribution in [2.45, 2.75) is 25.6 Å². The minimum Gasteiger partial charge on any atom is -0.480 e. The highest BCUT2D eigenvalue weighted by atomic mass is 32.2. The summed E-state index contributed by atoms with van der Waals surface area (Å²) in [4.78, 5) is 25.9. The zero-order valence-electron chi connectivity index (χ0n) is 13.6. The lowest BCUT2D eigenvalue weighted by Gasteiger charge is -2.43. The third kappa shape index (κ3) is 3.53. The quantitative estimate of drug-likeness (QED) is 0.663. The first-order valence-corrected chi connectivity index (χ1v) is 9.59. The van der Waals surface area contributed by atoms with Crippen LogP contribution in [-0.2, 0) is 21.2 Å². The molecule has 0 spiro atoms. The molecule has 3 heterocycles. The fourth-order valence-electron chi connectivity index (χ4n) is 3.61. The minimum absolute atomic E-state index is 0.0689. The van der Waals surface area contributed by atoms with Gasteiger partial charge in [0, 0.05) is 37.3 Å². The van der Waals surface area contributed by atoms with E-state index in [0.29, 0.717) is 24.4 Å². The molecule has 25 heavy (non-hydrogen) atoms. The molecule has 10 nitrogen and oxygen atoms in total. The second-order valence-electron chi connectivity index (χ2n) is 6.42. The number of nitrogens with zero attached hydrogens (tertiary/aromatic N) is 3. The van der Waals surface area contributed by atoms with E-state index in [0.717, 1.165) is 0 Å². The van der Waals surface area contributed by atoms with Crippen LogP contribution in [0.5, 0.6) is 0 Å². The number of sulfone groups is 1. The molecule has 2 saturated heterocycles. The number of rotatable bonds is 5. The number of hydrogen-bond acceptors (Lipinski definition) is 8. The van der Waals surface area contributed by atoms with Crippen molar-refractivity contribution in [3.63, 3.8) is 0 Å². The number of aryl methyl sites for hydroxylation is 1. The predicted molar refractivity (Wildman–Crippen MR) is 84.0 cm³/mol. The number of aliphatic carboxylic acids is 1. The lowest BCUT2D eigenvalue weighted by molar-refractivity contribution is -0.139. The summed E-state index contributed by atoms with van der Waals surface area (Å²) < 4.78 is 29.1. The lowest BCUT2D eigenvalue weighted by atomic mass is 10.0. The van der Waals surface area contributed by atoms with E-state index in [-0.39, 0.29) is 36.3 Å². The monoisotopic (exact) mass is 373 g/mol. The van der Waals surface area contributed by atoms with Crippen molar-refractivity contribution >= 4 is 21.8 Å². The molecule has 2 fully saturated rings. The van der Waals surface area contributed by atoms with Crippen LogP contribution >= 0.6 is 0 Å². The van der Waals surface area contributed by atoms with E-state index >= 15 is 0 Å². The number of carboxylic acids is 2. The topological polar surface area (TPSA) is 141 Å². The van der Waals surface area contributed by atoms with Crippen LogP contribution in [0.3, 0.4) is 0 Å². The average Bonchev–Trinajstić information content (AvgIpc) is 3.01. The van der Waals surface area contributed by atoms with Crippen molar-refractivity contribution in [3.8, 4) is 0 Å². The number of aromatic carboxylic acids is 1. The van der Waals surface area contributed by atoms with Gasteiger partial charge in [-0.05, 0) is 6.92 Å². The maximum atomic E-state index is 12.1. The molecule has 0 saturated carbocycles. The average molecular weight is 373 g/mol. The number of hydrogen-bond donors (Lipinski definition) is 2. The van der Waals surface area contributed by atoms with Crippen LogP contribution in [0.4, 0.5) is 0 Å². The van der Waals surface area contributed by atoms with Gasteiger partial charge in [0.1, 0.15) is 5.76 Å². The van der Waals surface area contributed by atoms with Crippen LogP contribution in [0.15, 0.2) is 4.52 Å². The molecule has 11 heteroatoms. The standard InChI is InChI=1S/C14H19N3O7S/c1-8-9(13(14(20)21)15-24-8)4-16-2-3-17(5-12(18)19)11-7-25(22,23)6-10(11)16/h10-11H,2-7H2,1H3,(H,18,19)(H,20,21)/t10-,11+/m0/s1. The number of carboxylic acid groups (broad SMARTS) is 2. The molecule has 0 amide bonds. The molecular weight excluding hydrogens is 354 g/mol. The second kappa shape index (κ2) is 6.39. The third-order valence-corrected chi connectivity index (χ3v) is 6.49. The zero-order valence-corrected chi connectivity index (χ0v) is 14.4. The van der Waals surface area contributed by atoms with Crippen LogP contribution in [0.2, 0.25) is 0 Å². The Labute approximate surface area is 143 Å². The van der Waals surface area contributed by atoms with Gasteiger partial charge in [-0.15, -0.1) is 0 Å². The Bertz CT molecular complexity index is 803. The van der Waals surface area contributed by atoms with Gasteiger partial charge in [0.25, 0.3) is 0 Å². The first kappa shape index (κ1) is 17.8. The Morgan fingerprint density at radius 2 is 1.80 bits per heavy atom. The summed E-state index contributed by atoms with van der Waals surface area (Å²) in [5, 5.41) is 21.8. The molecule has 0 bridgehead atoms. The smallest absolute Gasteiger partial charge is 0.358 e. The highest BCUT2D eigenvalue weighted by molar-refractivity contribution is 7.91. The van der Waals surface area contributed by atoms with Gasteiger partial charge in [-0.1, -0.05) is 5.16 Å². The van der Waals surface area contributed by atoms with Gasteiger partial charge < -0.3 is 14.7 Å². The van der Waals surface area contributed by atoms with E-state index in [9.17, 15) is 23.1 Å². The zero-order chi connectivity index (χ0) is 18.4. The van der Waals surface area contributed by atoms with Crippen molar-refractivity contribution in [1.29, 1.82) is 0 Å². The summed E-state index contributed by atoms with van der Waals surface area (Å²) in [6, 6.07) is -0.794. The Kier molecular flexibility index (Phi) is 4.56. The Morgan fingerprint density at radius 1 is 1.20 bits per heavy atom. The first-order valence-electron chi connectivity index (χ1n) is 7.76. The second-order valence-corrected chi connectivity index (χ2v) is 8.57. The van der Waals surface area contributed by atoms with Gasteiger partial charge in [-0.3, -0.25) is 14.6 Å². The van der Waals surface area contributed by atoms with E-state index < -0.39 is 27.8 Å². The molecule has 1 aromatic heterocycles. The molecule has 3 rings (SSSR count). The molecule has 2 aliphatic rings. The van der Waals surface area contributed by atoms with Crippen molar-refractivity contribution in [1.82, 2.24) is 15.0 Å². The number of aromatic nitrogens is 1. The molecular formula is C14H19N3O7S. The SMILES string of the molecule is Cc1onc(C(=O)O)c1CN1CCN(CC(=O)O)[C@@H]2CS(=O)(=O)C[C@@H]21. The summed E-state index contributed by atoms with van der Waals surface area (Å²) in [7, 11) is -3.28. The Hall–Kier alpha value is -1.98. The number of carbonyl (C=O) groups is 2. The lowest BCUT2D eigenvalue weighted by Crippen LogP contribution is -2.59. The van der Waals surface area contributed by atoms with Gasteiger partial charge in [0.2, 0.25) is 0 Å². The molecule has 2 atom stereocenters. The summed E-state index contributed by atoms with van der Waals surface area (Å²) in [6.45, 7) is 2.44. The van der Waals surface area contributed by atoms with Crippen molar-refractivity contribution < 1.29 is 32.7 Å². The van der Waals surface area contributed by atoms with Crippen molar-refractivity contribution in [2.75, 3.05) is 31.1 Å². The van der Waals surface area contributed by atoms with Crippen molar-refractivity contribution in [3.05, 3.63) is 17.0 Å². The molecule has 2 N–H and O–H groups in total. The third-order valence-electron chi connectivity index (χ3n) is 4.79. The van der Waals surface area contributed by atoms with Crippen LogP contribution in [0, 0.1) is 6.92 Å². The minimum atomic E-state index is -3.28. The van der Waals surface area contributed by atoms with Gasteiger partial charge in [-0.25, -0.2) is 13.2 Å². The maximum Gasteiger partial charge on any atom is 0.358 e. The van der Waals surface area contributed by atoms with Crippen LogP contribution in [0.1, 0.15) is 21.8 Å². The summed E-state index contributed by atoms with van der Waals surface area (Å²) in [6.07, 6.45) is 0. The van der Waals surface area contributed by atoms with E-state index in [1.807, 2.05) is 4.90 Å². The van der Waals surface area contributed by atoms with Crippen molar-refractivity contribution in [2.24, 2.45) is 0 Å². The van der Waals surface area contributed by atoms with E-state index in [4.69, 9.17) is 9.63 Å². The van der Waals surface area contributed by atoms with E-state index in [2.05, 4.69) is 5.16 Å². The molecule has 0 aliphatic carbocycles. The van der Waals surface area contributed by atoms with Gasteiger partial charge in [-0.2, -0.15) is 0 Å². The van der Waals surface area contributed by atoms with E-state index in [1.165, 1.54) is 0 Å². The fourth-order valence-corrected chi connectivity index (χ4v) is 5.65. The highest BCUT2D eigenvalue weighted by Gasteiger charge is 2.47. The molecule has 138 valence electrons. The summed E-state index contributed by atoms with van der Waals surface area (Å²) >= 11 is 0. The molecule has 0 radical (unpaired) electrons. The summed E-state index contributed by atoms with van der Waals surface area (Å²) in [5.74, 6) is -1.98. The first-order chi connectivity index (χ1) is 11.7. The van der Waals surface area contributed by atoms with Gasteiger partial charge in [0.05, 0.1) is 18.1 Å². The number of piperazine rings is 1. The number of fused-ring (bicyclic) bond motifs is 1. The van der Waals surface area contributed by atoms with Crippen LogP contribution in [-0.4, -0.2) is 88.7 Å². The van der Waals surface area contributed by atoms with Gasteiger partial charge >= 0.3 is 11.9 Å². The molecule has 2 aliphatic heterocycles.